The number of pyridine rings is 1. The van der Waals surface area contributed by atoms with Crippen molar-refractivity contribution in [3.05, 3.63) is 89.2 Å². The lowest BCUT2D eigenvalue weighted by Crippen LogP contribution is -2.41. The fraction of sp³-hybridized carbons (Fsp3) is 0.130. The standard InChI is InChI=1S/C23H19BrN4O2/c24-17-9-11-19(12-10-17)27(16-18-6-4-5-15-25-18)23(30)21-13-14-22(29)28(26-21)20-7-2-1-3-8-20/h1-12,15H,13-14,16H2. The Bertz CT molecular complexity index is 1070. The van der Waals surface area contributed by atoms with Gasteiger partial charge in [0, 0.05) is 29.2 Å². The van der Waals surface area contributed by atoms with E-state index < -0.39 is 0 Å². The maximum Gasteiger partial charge on any atom is 0.274 e. The number of para-hydroxylation sites is 1. The summed E-state index contributed by atoms with van der Waals surface area (Å²) in [5.74, 6) is -0.367. The number of hydrazone groups is 1. The molecule has 2 heterocycles. The number of aromatic nitrogens is 1. The van der Waals surface area contributed by atoms with Gasteiger partial charge in [0.1, 0.15) is 5.71 Å². The molecule has 1 aliphatic heterocycles. The molecule has 0 N–H and O–H groups in total. The minimum Gasteiger partial charge on any atom is -0.301 e. The van der Waals surface area contributed by atoms with Gasteiger partial charge in [-0.05, 0) is 48.5 Å². The molecule has 6 nitrogen and oxygen atoms in total. The molecular formula is C23H19BrN4O2. The highest BCUT2D eigenvalue weighted by Gasteiger charge is 2.29. The van der Waals surface area contributed by atoms with Crippen molar-refractivity contribution in [1.82, 2.24) is 4.98 Å². The van der Waals surface area contributed by atoms with Crippen LogP contribution in [0.15, 0.2) is 88.6 Å². The van der Waals surface area contributed by atoms with E-state index in [1.54, 1.807) is 23.2 Å². The lowest BCUT2D eigenvalue weighted by molar-refractivity contribution is -0.118. The van der Waals surface area contributed by atoms with Gasteiger partial charge in [0.25, 0.3) is 5.91 Å². The van der Waals surface area contributed by atoms with Crippen LogP contribution in [-0.4, -0.2) is 22.5 Å². The van der Waals surface area contributed by atoms with E-state index in [1.165, 1.54) is 5.01 Å². The van der Waals surface area contributed by atoms with Crippen molar-refractivity contribution in [3.8, 4) is 0 Å². The fourth-order valence-corrected chi connectivity index (χ4v) is 3.45. The molecule has 0 saturated heterocycles. The van der Waals surface area contributed by atoms with Crippen LogP contribution in [0.4, 0.5) is 11.4 Å². The van der Waals surface area contributed by atoms with Crippen LogP contribution in [0.1, 0.15) is 18.5 Å². The van der Waals surface area contributed by atoms with Crippen molar-refractivity contribution in [1.29, 1.82) is 0 Å². The Hall–Kier alpha value is -3.32. The van der Waals surface area contributed by atoms with Crippen LogP contribution >= 0.6 is 15.9 Å². The number of rotatable bonds is 5. The molecule has 0 spiro atoms. The molecule has 7 heteroatoms. The van der Waals surface area contributed by atoms with E-state index in [9.17, 15) is 9.59 Å². The zero-order valence-electron chi connectivity index (χ0n) is 16.1. The zero-order valence-corrected chi connectivity index (χ0v) is 17.7. The first-order valence-electron chi connectivity index (χ1n) is 9.54. The predicted molar refractivity (Wildman–Crippen MR) is 120 cm³/mol. The van der Waals surface area contributed by atoms with Crippen molar-refractivity contribution >= 4 is 44.8 Å². The molecular weight excluding hydrogens is 444 g/mol. The van der Waals surface area contributed by atoms with Gasteiger partial charge in [-0.25, -0.2) is 5.01 Å². The number of halogens is 1. The molecule has 0 atom stereocenters. The summed E-state index contributed by atoms with van der Waals surface area (Å²) in [7, 11) is 0. The minimum absolute atomic E-state index is 0.127. The number of hydrogen-bond donors (Lipinski definition) is 0. The van der Waals surface area contributed by atoms with E-state index in [2.05, 4.69) is 26.0 Å². The summed E-state index contributed by atoms with van der Waals surface area (Å²) in [5.41, 5.74) is 2.49. The van der Waals surface area contributed by atoms with E-state index in [0.29, 0.717) is 24.4 Å². The zero-order chi connectivity index (χ0) is 20.9. The lowest BCUT2D eigenvalue weighted by Gasteiger charge is -2.27. The first-order chi connectivity index (χ1) is 14.6. The number of carbonyl (C=O) groups is 2. The number of anilines is 2. The summed E-state index contributed by atoms with van der Waals surface area (Å²) < 4.78 is 0.923. The van der Waals surface area contributed by atoms with Gasteiger partial charge in [0.05, 0.1) is 17.9 Å². The predicted octanol–water partition coefficient (Wildman–Crippen LogP) is 4.56. The lowest BCUT2D eigenvalue weighted by atomic mass is 10.1. The van der Waals surface area contributed by atoms with Crippen LogP contribution in [0.5, 0.6) is 0 Å². The molecule has 30 heavy (non-hydrogen) atoms. The van der Waals surface area contributed by atoms with Gasteiger partial charge in [0.15, 0.2) is 0 Å². The number of amides is 2. The molecule has 4 rings (SSSR count). The van der Waals surface area contributed by atoms with Crippen molar-refractivity contribution < 1.29 is 9.59 Å². The van der Waals surface area contributed by atoms with Crippen LogP contribution in [0.3, 0.4) is 0 Å². The second-order valence-corrected chi connectivity index (χ2v) is 7.69. The topological polar surface area (TPSA) is 65.9 Å². The number of nitrogens with zero attached hydrogens (tertiary/aromatic N) is 4. The molecule has 1 aromatic heterocycles. The number of hydrogen-bond acceptors (Lipinski definition) is 4. The van der Waals surface area contributed by atoms with Gasteiger partial charge in [0.2, 0.25) is 5.91 Å². The smallest absolute Gasteiger partial charge is 0.274 e. The molecule has 150 valence electrons. The van der Waals surface area contributed by atoms with Crippen LogP contribution < -0.4 is 9.91 Å². The summed E-state index contributed by atoms with van der Waals surface area (Å²) in [6.07, 6.45) is 2.24. The Morgan fingerprint density at radius 2 is 1.70 bits per heavy atom. The van der Waals surface area contributed by atoms with Gasteiger partial charge in [-0.3, -0.25) is 14.6 Å². The first kappa shape index (κ1) is 20.0. The molecule has 0 bridgehead atoms. The average molecular weight is 463 g/mol. The highest BCUT2D eigenvalue weighted by atomic mass is 79.9. The van der Waals surface area contributed by atoms with Crippen LogP contribution in [0.2, 0.25) is 0 Å². The van der Waals surface area contributed by atoms with Crippen molar-refractivity contribution in [2.45, 2.75) is 19.4 Å². The van der Waals surface area contributed by atoms with E-state index in [4.69, 9.17) is 0 Å². The Morgan fingerprint density at radius 1 is 0.967 bits per heavy atom. The summed E-state index contributed by atoms with van der Waals surface area (Å²) in [5, 5.41) is 5.73. The second-order valence-electron chi connectivity index (χ2n) is 6.78. The molecule has 0 fully saturated rings. The third kappa shape index (κ3) is 4.46. The second kappa shape index (κ2) is 9.00. The van der Waals surface area contributed by atoms with E-state index >= 15 is 0 Å². The van der Waals surface area contributed by atoms with Crippen LogP contribution in [0.25, 0.3) is 0 Å². The van der Waals surface area contributed by atoms with Gasteiger partial charge >= 0.3 is 0 Å². The van der Waals surface area contributed by atoms with E-state index in [0.717, 1.165) is 15.9 Å². The third-order valence-corrected chi connectivity index (χ3v) is 5.24. The highest BCUT2D eigenvalue weighted by molar-refractivity contribution is 9.10. The van der Waals surface area contributed by atoms with Gasteiger partial charge in [-0.1, -0.05) is 40.2 Å². The van der Waals surface area contributed by atoms with Gasteiger partial charge < -0.3 is 4.90 Å². The first-order valence-corrected chi connectivity index (χ1v) is 10.3. The Kier molecular flexibility index (Phi) is 5.99. The molecule has 0 aliphatic carbocycles. The molecule has 0 radical (unpaired) electrons. The quantitative estimate of drug-likeness (QED) is 0.557. The molecule has 0 saturated carbocycles. The third-order valence-electron chi connectivity index (χ3n) is 4.71. The normalized spacial score (nSPS) is 13.7. The van der Waals surface area contributed by atoms with E-state index in [-0.39, 0.29) is 18.2 Å². The summed E-state index contributed by atoms with van der Waals surface area (Å²) in [6, 6.07) is 22.3. The molecule has 0 unspecified atom stereocenters. The van der Waals surface area contributed by atoms with Crippen LogP contribution in [-0.2, 0) is 16.1 Å². The Balaban J connectivity index is 1.68. The summed E-state index contributed by atoms with van der Waals surface area (Å²) >= 11 is 3.43. The Labute approximate surface area is 183 Å². The minimum atomic E-state index is -0.239. The molecule has 2 amide bonds. The van der Waals surface area contributed by atoms with Gasteiger partial charge in [-0.2, -0.15) is 5.10 Å². The molecule has 3 aromatic rings. The van der Waals surface area contributed by atoms with Crippen molar-refractivity contribution in [2.75, 3.05) is 9.91 Å². The SMILES string of the molecule is O=C(C1=NN(c2ccccc2)C(=O)CC1)N(Cc1ccccn1)c1ccc(Br)cc1. The van der Waals surface area contributed by atoms with E-state index in [1.807, 2.05) is 60.7 Å². The molecule has 2 aromatic carbocycles. The maximum atomic E-state index is 13.5. The fourth-order valence-electron chi connectivity index (χ4n) is 3.19. The molecule has 1 aliphatic rings. The number of benzene rings is 2. The summed E-state index contributed by atoms with van der Waals surface area (Å²) in [4.78, 5) is 31.9. The van der Waals surface area contributed by atoms with Crippen molar-refractivity contribution in [3.63, 3.8) is 0 Å². The monoisotopic (exact) mass is 462 g/mol. The number of carbonyl (C=O) groups excluding carboxylic acids is 2. The van der Waals surface area contributed by atoms with Gasteiger partial charge in [-0.15, -0.1) is 0 Å². The maximum absolute atomic E-state index is 13.5. The highest BCUT2D eigenvalue weighted by Crippen LogP contribution is 2.24. The van der Waals surface area contributed by atoms with Crippen molar-refractivity contribution in [2.24, 2.45) is 5.10 Å². The largest absolute Gasteiger partial charge is 0.301 e. The average Bonchev–Trinajstić information content (AvgIpc) is 2.79. The summed E-state index contributed by atoms with van der Waals surface area (Å²) in [6.45, 7) is 0.305. The Morgan fingerprint density at radius 3 is 2.40 bits per heavy atom. The van der Waals surface area contributed by atoms with Crippen LogP contribution in [0, 0.1) is 0 Å².